The molecule has 1 fully saturated rings. The van der Waals surface area contributed by atoms with Gasteiger partial charge in [0, 0.05) is 50.0 Å². The topological polar surface area (TPSA) is 72.9 Å². The van der Waals surface area contributed by atoms with Gasteiger partial charge in [0.25, 0.3) is 0 Å². The lowest BCUT2D eigenvalue weighted by molar-refractivity contribution is -0.130. The Kier molecular flexibility index (Phi) is 8.97. The number of amides is 1. The molecule has 0 radical (unpaired) electrons. The molecule has 1 aliphatic rings. The van der Waals surface area contributed by atoms with Crippen LogP contribution in [0, 0.1) is 6.92 Å². The van der Waals surface area contributed by atoms with E-state index in [1.165, 1.54) is 5.69 Å². The Morgan fingerprint density at radius 3 is 2.50 bits per heavy atom. The summed E-state index contributed by atoms with van der Waals surface area (Å²) in [5.41, 5.74) is 2.23. The fourth-order valence-corrected chi connectivity index (χ4v) is 3.70. The number of thiazole rings is 1. The van der Waals surface area contributed by atoms with Gasteiger partial charge in [0.15, 0.2) is 5.96 Å². The molecule has 9 heteroatoms. The van der Waals surface area contributed by atoms with E-state index in [2.05, 4.69) is 37.6 Å². The monoisotopic (exact) mass is 514 g/mol. The van der Waals surface area contributed by atoms with Crippen LogP contribution in [0.5, 0.6) is 0 Å². The summed E-state index contributed by atoms with van der Waals surface area (Å²) in [4.78, 5) is 25.3. The van der Waals surface area contributed by atoms with Gasteiger partial charge in [-0.2, -0.15) is 0 Å². The summed E-state index contributed by atoms with van der Waals surface area (Å²) in [6.45, 7) is 5.99. The van der Waals surface area contributed by atoms with Crippen LogP contribution < -0.4 is 15.5 Å². The van der Waals surface area contributed by atoms with E-state index in [0.717, 1.165) is 36.9 Å². The number of hydrogen-bond donors (Lipinski definition) is 2. The molecule has 2 heterocycles. The van der Waals surface area contributed by atoms with Gasteiger partial charge in [-0.25, -0.2) is 4.98 Å². The first kappa shape index (κ1) is 22.4. The number of nitrogens with one attached hydrogen (secondary N) is 2. The standard InChI is InChI=1S/C19H26N6OS.HI/c1-15-14-27-17(23-15)12-21-19(20-2)22-13-18(26)25-10-8-24(9-11-25)16-6-4-3-5-7-16;/h3-7,14H,8-13H2,1-2H3,(H2,20,21,22);1H. The molecule has 0 atom stereocenters. The molecule has 2 aromatic rings. The van der Waals surface area contributed by atoms with Crippen LogP contribution >= 0.6 is 35.3 Å². The van der Waals surface area contributed by atoms with Crippen LogP contribution in [0.1, 0.15) is 10.7 Å². The van der Waals surface area contributed by atoms with Crippen molar-refractivity contribution < 1.29 is 4.79 Å². The van der Waals surface area contributed by atoms with Gasteiger partial charge in [0.2, 0.25) is 5.91 Å². The summed E-state index contributed by atoms with van der Waals surface area (Å²) in [6, 6.07) is 10.3. The van der Waals surface area contributed by atoms with E-state index in [1.54, 1.807) is 18.4 Å². The van der Waals surface area contributed by atoms with E-state index in [1.807, 2.05) is 35.4 Å². The highest BCUT2D eigenvalue weighted by Crippen LogP contribution is 2.15. The fraction of sp³-hybridized carbons (Fsp3) is 0.421. The SMILES string of the molecule is CN=C(NCC(=O)N1CCN(c2ccccc2)CC1)NCc1nc(C)cs1.I. The number of halogens is 1. The maximum absolute atomic E-state index is 12.5. The van der Waals surface area contributed by atoms with Gasteiger partial charge in [-0.05, 0) is 19.1 Å². The number of nitrogens with zero attached hydrogens (tertiary/aromatic N) is 4. The smallest absolute Gasteiger partial charge is 0.242 e. The largest absolute Gasteiger partial charge is 0.368 e. The van der Waals surface area contributed by atoms with Crippen LogP contribution in [-0.2, 0) is 11.3 Å². The number of guanidine groups is 1. The Morgan fingerprint density at radius 2 is 1.89 bits per heavy atom. The lowest BCUT2D eigenvalue weighted by atomic mass is 10.2. The first-order chi connectivity index (χ1) is 13.2. The van der Waals surface area contributed by atoms with Gasteiger partial charge in [-0.1, -0.05) is 18.2 Å². The number of para-hydroxylation sites is 1. The minimum absolute atomic E-state index is 0. The molecule has 1 aliphatic heterocycles. The number of hydrogen-bond acceptors (Lipinski definition) is 5. The zero-order chi connectivity index (χ0) is 19.1. The minimum atomic E-state index is 0. The third kappa shape index (κ3) is 6.33. The van der Waals surface area contributed by atoms with Crippen LogP contribution in [0.15, 0.2) is 40.7 Å². The second-order valence-electron chi connectivity index (χ2n) is 6.37. The second-order valence-corrected chi connectivity index (χ2v) is 7.31. The van der Waals surface area contributed by atoms with Crippen LogP contribution in [-0.4, -0.2) is 61.5 Å². The molecular formula is C19H27IN6OS. The van der Waals surface area contributed by atoms with Crippen molar-refractivity contribution in [3.05, 3.63) is 46.4 Å². The van der Waals surface area contributed by atoms with E-state index in [-0.39, 0.29) is 36.4 Å². The maximum Gasteiger partial charge on any atom is 0.242 e. The Balaban J connectivity index is 0.00000280. The quantitative estimate of drug-likeness (QED) is 0.363. The zero-order valence-electron chi connectivity index (χ0n) is 16.2. The van der Waals surface area contributed by atoms with E-state index < -0.39 is 0 Å². The first-order valence-corrected chi connectivity index (χ1v) is 9.97. The molecule has 28 heavy (non-hydrogen) atoms. The predicted molar refractivity (Wildman–Crippen MR) is 126 cm³/mol. The molecule has 0 aliphatic carbocycles. The van der Waals surface area contributed by atoms with Crippen molar-refractivity contribution in [2.24, 2.45) is 4.99 Å². The summed E-state index contributed by atoms with van der Waals surface area (Å²) in [6.07, 6.45) is 0. The van der Waals surface area contributed by atoms with E-state index >= 15 is 0 Å². The minimum Gasteiger partial charge on any atom is -0.368 e. The average molecular weight is 514 g/mol. The highest BCUT2D eigenvalue weighted by atomic mass is 127. The van der Waals surface area contributed by atoms with Crippen molar-refractivity contribution in [1.82, 2.24) is 20.5 Å². The molecule has 1 amide bonds. The van der Waals surface area contributed by atoms with Gasteiger partial charge in [-0.15, -0.1) is 35.3 Å². The van der Waals surface area contributed by atoms with Gasteiger partial charge >= 0.3 is 0 Å². The van der Waals surface area contributed by atoms with Crippen molar-refractivity contribution in [2.75, 3.05) is 44.7 Å². The lowest BCUT2D eigenvalue weighted by Crippen LogP contribution is -2.52. The first-order valence-electron chi connectivity index (χ1n) is 9.09. The molecule has 0 unspecified atom stereocenters. The summed E-state index contributed by atoms with van der Waals surface area (Å²) < 4.78 is 0. The van der Waals surface area contributed by atoms with Gasteiger partial charge in [0.1, 0.15) is 5.01 Å². The van der Waals surface area contributed by atoms with E-state index in [0.29, 0.717) is 12.5 Å². The van der Waals surface area contributed by atoms with Crippen LogP contribution in [0.25, 0.3) is 0 Å². The Labute approximate surface area is 187 Å². The molecule has 1 aromatic carbocycles. The van der Waals surface area contributed by atoms with E-state index in [4.69, 9.17) is 0 Å². The van der Waals surface area contributed by atoms with Crippen molar-refractivity contribution >= 4 is 52.9 Å². The average Bonchev–Trinajstić information content (AvgIpc) is 3.14. The molecule has 0 bridgehead atoms. The molecule has 3 rings (SSSR count). The van der Waals surface area contributed by atoms with E-state index in [9.17, 15) is 4.79 Å². The number of carbonyl (C=O) groups excluding carboxylic acids is 1. The predicted octanol–water partition coefficient (Wildman–Crippen LogP) is 2.08. The lowest BCUT2D eigenvalue weighted by Gasteiger charge is -2.36. The van der Waals surface area contributed by atoms with Gasteiger partial charge in [0.05, 0.1) is 13.1 Å². The summed E-state index contributed by atoms with van der Waals surface area (Å²) in [7, 11) is 1.70. The molecule has 1 saturated heterocycles. The number of rotatable bonds is 5. The maximum atomic E-state index is 12.5. The molecule has 152 valence electrons. The van der Waals surface area contributed by atoms with Crippen molar-refractivity contribution in [1.29, 1.82) is 0 Å². The van der Waals surface area contributed by atoms with Crippen LogP contribution in [0.3, 0.4) is 0 Å². The Hall–Kier alpha value is -1.88. The number of aryl methyl sites for hydroxylation is 1. The Bertz CT molecular complexity index is 774. The summed E-state index contributed by atoms with van der Waals surface area (Å²) in [5.74, 6) is 0.704. The molecule has 0 saturated carbocycles. The normalized spacial score (nSPS) is 14.4. The number of benzene rings is 1. The fourth-order valence-electron chi connectivity index (χ4n) is 2.99. The highest BCUT2D eigenvalue weighted by Gasteiger charge is 2.21. The second kappa shape index (κ2) is 11.2. The number of anilines is 1. The summed E-state index contributed by atoms with van der Waals surface area (Å²) in [5, 5.41) is 9.31. The van der Waals surface area contributed by atoms with Crippen LogP contribution in [0.2, 0.25) is 0 Å². The number of carbonyl (C=O) groups is 1. The van der Waals surface area contributed by atoms with Crippen molar-refractivity contribution in [3.63, 3.8) is 0 Å². The van der Waals surface area contributed by atoms with Gasteiger partial charge < -0.3 is 20.4 Å². The van der Waals surface area contributed by atoms with Crippen LogP contribution in [0.4, 0.5) is 5.69 Å². The molecule has 2 N–H and O–H groups in total. The number of aliphatic imine (C=N–C) groups is 1. The third-order valence-corrected chi connectivity index (χ3v) is 5.42. The summed E-state index contributed by atoms with van der Waals surface area (Å²) >= 11 is 1.61. The molecule has 7 nitrogen and oxygen atoms in total. The molecular weight excluding hydrogens is 487 g/mol. The van der Waals surface area contributed by atoms with Crippen molar-refractivity contribution in [2.45, 2.75) is 13.5 Å². The third-order valence-electron chi connectivity index (χ3n) is 4.46. The zero-order valence-corrected chi connectivity index (χ0v) is 19.4. The van der Waals surface area contributed by atoms with Crippen molar-refractivity contribution in [3.8, 4) is 0 Å². The molecule has 0 spiro atoms. The number of piperazine rings is 1. The number of aromatic nitrogens is 1. The Morgan fingerprint density at radius 1 is 1.18 bits per heavy atom. The molecule has 1 aromatic heterocycles. The highest BCUT2D eigenvalue weighted by molar-refractivity contribution is 14.0. The van der Waals surface area contributed by atoms with Gasteiger partial charge in [-0.3, -0.25) is 9.79 Å².